The van der Waals surface area contributed by atoms with Crippen LogP contribution in [0.2, 0.25) is 0 Å². The molecule has 116 valence electrons. The highest BCUT2D eigenvalue weighted by Gasteiger charge is 2.31. The summed E-state index contributed by atoms with van der Waals surface area (Å²) in [4.78, 5) is 31.2. The number of nitrogens with zero attached hydrogens (tertiary/aromatic N) is 4. The van der Waals surface area contributed by atoms with Crippen molar-refractivity contribution < 1.29 is 14.3 Å². The number of amides is 2. The van der Waals surface area contributed by atoms with E-state index in [1.54, 1.807) is 32.9 Å². The fourth-order valence-corrected chi connectivity index (χ4v) is 2.03. The maximum absolute atomic E-state index is 12.2. The van der Waals surface area contributed by atoms with E-state index in [1.807, 2.05) is 6.07 Å². The molecule has 22 heavy (non-hydrogen) atoms. The van der Waals surface area contributed by atoms with Crippen molar-refractivity contribution in [1.29, 1.82) is 5.26 Å². The van der Waals surface area contributed by atoms with Gasteiger partial charge >= 0.3 is 6.09 Å². The average molecular weight is 302 g/mol. The minimum atomic E-state index is -0.597. The van der Waals surface area contributed by atoms with E-state index in [2.05, 4.69) is 4.98 Å². The molecule has 0 aromatic carbocycles. The Labute approximate surface area is 129 Å². The van der Waals surface area contributed by atoms with Gasteiger partial charge in [0.05, 0.1) is 11.6 Å². The van der Waals surface area contributed by atoms with Crippen LogP contribution in [0, 0.1) is 11.3 Å². The third-order valence-corrected chi connectivity index (χ3v) is 3.02. The quantitative estimate of drug-likeness (QED) is 0.785. The molecule has 2 rings (SSSR count). The van der Waals surface area contributed by atoms with Crippen LogP contribution in [0.1, 0.15) is 26.3 Å². The zero-order chi connectivity index (χ0) is 16.3. The number of carbonyl (C=O) groups excluding carboxylic acids is 2. The van der Waals surface area contributed by atoms with E-state index in [1.165, 1.54) is 16.0 Å². The molecule has 0 saturated carbocycles. The largest absolute Gasteiger partial charge is 0.444 e. The fraction of sp³-hybridized carbons (Fsp3) is 0.467. The molecule has 0 bridgehead atoms. The maximum Gasteiger partial charge on any atom is 0.410 e. The molecule has 1 aliphatic rings. The summed E-state index contributed by atoms with van der Waals surface area (Å²) in [5.41, 5.74) is -0.160. The number of hydrogen-bond donors (Lipinski definition) is 0. The Morgan fingerprint density at radius 2 is 2.14 bits per heavy atom. The van der Waals surface area contributed by atoms with Crippen LogP contribution < -0.4 is 4.90 Å². The fourth-order valence-electron chi connectivity index (χ4n) is 2.03. The van der Waals surface area contributed by atoms with Crippen LogP contribution in [0.25, 0.3) is 0 Å². The van der Waals surface area contributed by atoms with Crippen LogP contribution in [0.3, 0.4) is 0 Å². The lowest BCUT2D eigenvalue weighted by Gasteiger charge is -2.34. The Morgan fingerprint density at radius 1 is 1.41 bits per heavy atom. The van der Waals surface area contributed by atoms with Gasteiger partial charge in [-0.05, 0) is 32.9 Å². The SMILES string of the molecule is CC(C)(C)OC(=O)N1CCN(c2cc(C#N)ccn2)C(=O)C1. The summed E-state index contributed by atoms with van der Waals surface area (Å²) in [6.07, 6.45) is 0.987. The lowest BCUT2D eigenvalue weighted by atomic mass is 10.2. The van der Waals surface area contributed by atoms with Gasteiger partial charge in [-0.25, -0.2) is 9.78 Å². The Hall–Kier alpha value is -2.62. The molecule has 0 radical (unpaired) electrons. The molecular formula is C15H18N4O3. The lowest BCUT2D eigenvalue weighted by Crippen LogP contribution is -2.53. The van der Waals surface area contributed by atoms with Gasteiger partial charge in [0.15, 0.2) is 0 Å². The number of anilines is 1. The second-order valence-corrected chi connectivity index (χ2v) is 5.96. The summed E-state index contributed by atoms with van der Waals surface area (Å²) in [6.45, 7) is 5.95. The van der Waals surface area contributed by atoms with Crippen LogP contribution in [-0.4, -0.2) is 47.1 Å². The number of pyridine rings is 1. The smallest absolute Gasteiger partial charge is 0.410 e. The highest BCUT2D eigenvalue weighted by atomic mass is 16.6. The van der Waals surface area contributed by atoms with Crippen LogP contribution in [-0.2, 0) is 9.53 Å². The Bertz CT molecular complexity index is 630. The molecule has 1 fully saturated rings. The summed E-state index contributed by atoms with van der Waals surface area (Å²) in [6, 6.07) is 5.14. The Kier molecular flexibility index (Phi) is 4.31. The third-order valence-electron chi connectivity index (χ3n) is 3.02. The van der Waals surface area contributed by atoms with Crippen LogP contribution >= 0.6 is 0 Å². The standard InChI is InChI=1S/C15H18N4O3/c1-15(2,3)22-14(21)18-6-7-19(13(20)10-18)12-8-11(9-16)4-5-17-12/h4-5,8H,6-7,10H2,1-3H3. The van der Waals surface area contributed by atoms with E-state index in [-0.39, 0.29) is 12.5 Å². The summed E-state index contributed by atoms with van der Waals surface area (Å²) >= 11 is 0. The van der Waals surface area contributed by atoms with Gasteiger partial charge in [0, 0.05) is 19.3 Å². The van der Waals surface area contributed by atoms with Crippen molar-refractivity contribution >= 4 is 17.8 Å². The third kappa shape index (κ3) is 3.73. The van der Waals surface area contributed by atoms with E-state index in [9.17, 15) is 9.59 Å². The first-order valence-corrected chi connectivity index (χ1v) is 6.94. The monoisotopic (exact) mass is 302 g/mol. The van der Waals surface area contributed by atoms with Crippen LogP contribution in [0.15, 0.2) is 18.3 Å². The van der Waals surface area contributed by atoms with Gasteiger partial charge in [-0.2, -0.15) is 5.26 Å². The zero-order valence-corrected chi connectivity index (χ0v) is 12.9. The number of ether oxygens (including phenoxy) is 1. The Morgan fingerprint density at radius 3 is 2.73 bits per heavy atom. The molecule has 0 N–H and O–H groups in total. The van der Waals surface area contributed by atoms with Crippen molar-refractivity contribution in [3.05, 3.63) is 23.9 Å². The number of rotatable bonds is 1. The first-order valence-electron chi connectivity index (χ1n) is 6.94. The molecule has 0 spiro atoms. The van der Waals surface area contributed by atoms with Crippen LogP contribution in [0.5, 0.6) is 0 Å². The topological polar surface area (TPSA) is 86.5 Å². The van der Waals surface area contributed by atoms with E-state index in [0.717, 1.165) is 0 Å². The minimum Gasteiger partial charge on any atom is -0.444 e. The minimum absolute atomic E-state index is 0.0621. The van der Waals surface area contributed by atoms with Gasteiger partial charge in [-0.3, -0.25) is 14.6 Å². The number of carbonyl (C=O) groups is 2. The van der Waals surface area contributed by atoms with E-state index in [0.29, 0.717) is 24.5 Å². The van der Waals surface area contributed by atoms with Crippen molar-refractivity contribution in [2.24, 2.45) is 0 Å². The summed E-state index contributed by atoms with van der Waals surface area (Å²) < 4.78 is 5.26. The van der Waals surface area contributed by atoms with Gasteiger partial charge in [0.1, 0.15) is 18.0 Å². The summed E-state index contributed by atoms with van der Waals surface area (Å²) in [5.74, 6) is 0.174. The number of hydrogen-bond acceptors (Lipinski definition) is 5. The molecule has 7 nitrogen and oxygen atoms in total. The van der Waals surface area contributed by atoms with E-state index < -0.39 is 11.7 Å². The average Bonchev–Trinajstić information content (AvgIpc) is 2.45. The number of aromatic nitrogens is 1. The van der Waals surface area contributed by atoms with Gasteiger partial charge < -0.3 is 4.74 Å². The van der Waals surface area contributed by atoms with Gasteiger partial charge in [-0.1, -0.05) is 0 Å². The molecule has 0 atom stereocenters. The van der Waals surface area contributed by atoms with E-state index in [4.69, 9.17) is 10.00 Å². The zero-order valence-electron chi connectivity index (χ0n) is 12.9. The Balaban J connectivity index is 2.06. The van der Waals surface area contributed by atoms with Crippen molar-refractivity contribution in [2.45, 2.75) is 26.4 Å². The predicted molar refractivity (Wildman–Crippen MR) is 79.1 cm³/mol. The first-order chi connectivity index (χ1) is 10.3. The molecule has 2 amide bonds. The van der Waals surface area contributed by atoms with Gasteiger partial charge in [-0.15, -0.1) is 0 Å². The number of piperazine rings is 1. The van der Waals surface area contributed by atoms with Gasteiger partial charge in [0.25, 0.3) is 0 Å². The molecule has 1 aromatic heterocycles. The number of nitriles is 1. The van der Waals surface area contributed by atoms with Crippen molar-refractivity contribution in [2.75, 3.05) is 24.5 Å². The molecule has 7 heteroatoms. The van der Waals surface area contributed by atoms with E-state index >= 15 is 0 Å². The maximum atomic E-state index is 12.2. The highest BCUT2D eigenvalue weighted by Crippen LogP contribution is 2.17. The summed E-state index contributed by atoms with van der Waals surface area (Å²) in [5, 5.41) is 8.90. The molecule has 0 unspecified atom stereocenters. The highest BCUT2D eigenvalue weighted by molar-refractivity contribution is 5.96. The molecule has 0 aliphatic carbocycles. The molecule has 2 heterocycles. The second-order valence-electron chi connectivity index (χ2n) is 5.96. The van der Waals surface area contributed by atoms with Crippen molar-refractivity contribution in [1.82, 2.24) is 9.88 Å². The van der Waals surface area contributed by atoms with Crippen molar-refractivity contribution in [3.8, 4) is 6.07 Å². The van der Waals surface area contributed by atoms with Crippen LogP contribution in [0.4, 0.5) is 10.6 Å². The predicted octanol–water partition coefficient (Wildman–Crippen LogP) is 1.54. The molecule has 1 aromatic rings. The summed E-state index contributed by atoms with van der Waals surface area (Å²) in [7, 11) is 0. The molecular weight excluding hydrogens is 284 g/mol. The molecule has 1 aliphatic heterocycles. The second kappa shape index (κ2) is 6.02. The molecule has 1 saturated heterocycles. The normalized spacial score (nSPS) is 15.5. The lowest BCUT2D eigenvalue weighted by molar-refractivity contribution is -0.121. The van der Waals surface area contributed by atoms with Crippen molar-refractivity contribution in [3.63, 3.8) is 0 Å². The first kappa shape index (κ1) is 15.8. The van der Waals surface area contributed by atoms with Gasteiger partial charge in [0.2, 0.25) is 5.91 Å².